The molecule has 0 saturated carbocycles. The lowest BCUT2D eigenvalue weighted by atomic mass is 9.90. The number of halogens is 1. The summed E-state index contributed by atoms with van der Waals surface area (Å²) in [6, 6.07) is 7.84. The maximum absolute atomic E-state index is 12.5. The van der Waals surface area contributed by atoms with Crippen molar-refractivity contribution in [3.05, 3.63) is 74.4 Å². The first-order valence-electron chi connectivity index (χ1n) is 11.7. The van der Waals surface area contributed by atoms with Gasteiger partial charge in [0, 0.05) is 55.9 Å². The molecule has 0 saturated heterocycles. The van der Waals surface area contributed by atoms with E-state index in [9.17, 15) is 4.79 Å². The van der Waals surface area contributed by atoms with Gasteiger partial charge in [0.05, 0.1) is 15.1 Å². The molecule has 0 aliphatic heterocycles. The van der Waals surface area contributed by atoms with Crippen LogP contribution in [0.3, 0.4) is 0 Å². The van der Waals surface area contributed by atoms with Gasteiger partial charge in [0.25, 0.3) is 0 Å². The number of carbonyl (C=O) groups excluding carboxylic acids is 1. The Labute approximate surface area is 216 Å². The minimum Gasteiger partial charge on any atom is -0.384 e. The van der Waals surface area contributed by atoms with Gasteiger partial charge in [-0.2, -0.15) is 0 Å². The van der Waals surface area contributed by atoms with Gasteiger partial charge in [0.2, 0.25) is 0 Å². The Balaban J connectivity index is 2.21. The highest BCUT2D eigenvalue weighted by molar-refractivity contribution is 9.12. The summed E-state index contributed by atoms with van der Waals surface area (Å²) in [5.41, 5.74) is 4.09. The average molecular weight is 544 g/mol. The highest BCUT2D eigenvalue weighted by Crippen LogP contribution is 2.23. The van der Waals surface area contributed by atoms with Crippen LogP contribution in [-0.4, -0.2) is 29.7 Å². The molecule has 0 aliphatic rings. The van der Waals surface area contributed by atoms with Crippen LogP contribution in [0.4, 0.5) is 0 Å². The third-order valence-corrected chi connectivity index (χ3v) is 7.04. The fraction of sp³-hybridized carbons (Fsp3) is 0.407. The quantitative estimate of drug-likeness (QED) is 0.200. The molecular formula is C27H35BrN4OS. The number of Topliss-reactive ketones (excluding diaryl/α,β-unsaturated/α-hetero) is 1. The Morgan fingerprint density at radius 3 is 2.74 bits per heavy atom. The van der Waals surface area contributed by atoms with Gasteiger partial charge in [-0.05, 0) is 78.2 Å². The minimum absolute atomic E-state index is 0.228. The fourth-order valence-corrected chi connectivity index (χ4v) is 4.56. The Kier molecular flexibility index (Phi) is 12.7. The first-order valence-corrected chi connectivity index (χ1v) is 13.4. The molecule has 2 rings (SSSR count). The lowest BCUT2D eigenvalue weighted by Crippen LogP contribution is -2.18. The van der Waals surface area contributed by atoms with E-state index in [0.29, 0.717) is 13.0 Å². The zero-order valence-electron chi connectivity index (χ0n) is 20.6. The molecule has 7 heteroatoms. The molecule has 1 unspecified atom stereocenters. The molecule has 2 heterocycles. The van der Waals surface area contributed by atoms with Gasteiger partial charge in [-0.15, -0.1) is 11.3 Å². The standard InChI is InChI=1S/C27H35BrN4OS/c1-5-9-23(11-6-12-26(33)27-13-8-15-34-27)25(32-21(3)24(28)19-29-4)16-20(2)31-18-22-10-7-14-30-17-22/h7-8,10,13-17,19,23,31H,5-6,9,11-12,18H2,1-4H3/b20-16+,24-21-,29-19?,32-25+. The number of aliphatic imine (C=N–C) groups is 2. The van der Waals surface area contributed by atoms with Crippen LogP contribution in [0.25, 0.3) is 0 Å². The molecular weight excluding hydrogens is 508 g/mol. The molecule has 1 N–H and O–H groups in total. The van der Waals surface area contributed by atoms with Crippen molar-refractivity contribution in [1.29, 1.82) is 0 Å². The third kappa shape index (κ3) is 9.85. The summed E-state index contributed by atoms with van der Waals surface area (Å²) in [4.78, 5) is 26.6. The van der Waals surface area contributed by atoms with Crippen molar-refractivity contribution < 1.29 is 4.79 Å². The molecule has 0 aliphatic carbocycles. The average Bonchev–Trinajstić information content (AvgIpc) is 3.38. The van der Waals surface area contributed by atoms with Gasteiger partial charge in [-0.3, -0.25) is 19.8 Å². The Hall–Kier alpha value is -2.38. The molecule has 0 fully saturated rings. The number of thiophene rings is 1. The topological polar surface area (TPSA) is 66.7 Å². The van der Waals surface area contributed by atoms with Gasteiger partial charge in [-0.25, -0.2) is 0 Å². The third-order valence-electron chi connectivity index (χ3n) is 5.35. The number of hydrogen-bond acceptors (Lipinski definition) is 6. The van der Waals surface area contributed by atoms with Crippen LogP contribution in [0, 0.1) is 5.92 Å². The van der Waals surface area contributed by atoms with E-state index in [0.717, 1.165) is 57.7 Å². The Morgan fingerprint density at radius 2 is 2.09 bits per heavy atom. The van der Waals surface area contributed by atoms with Gasteiger partial charge >= 0.3 is 0 Å². The number of carbonyl (C=O) groups is 1. The molecule has 0 spiro atoms. The second kappa shape index (κ2) is 15.5. The Bertz CT molecular complexity index is 1010. The summed E-state index contributed by atoms with van der Waals surface area (Å²) in [6.07, 6.45) is 12.0. The molecule has 2 aromatic rings. The van der Waals surface area contributed by atoms with E-state index in [1.54, 1.807) is 19.5 Å². The first-order chi connectivity index (χ1) is 16.4. The van der Waals surface area contributed by atoms with Crippen LogP contribution >= 0.6 is 27.3 Å². The smallest absolute Gasteiger partial charge is 0.172 e. The van der Waals surface area contributed by atoms with E-state index in [1.807, 2.05) is 36.7 Å². The van der Waals surface area contributed by atoms with E-state index < -0.39 is 0 Å². The lowest BCUT2D eigenvalue weighted by molar-refractivity contribution is 0.0982. The van der Waals surface area contributed by atoms with Gasteiger partial charge in [0.1, 0.15) is 0 Å². The van der Waals surface area contributed by atoms with Gasteiger partial charge in [0.15, 0.2) is 5.78 Å². The number of allylic oxidation sites excluding steroid dienone is 4. The fourth-order valence-electron chi connectivity index (χ4n) is 3.57. The number of hydrogen-bond donors (Lipinski definition) is 1. The normalized spacial score (nSPS) is 14.3. The number of pyridine rings is 1. The van der Waals surface area contributed by atoms with Crippen molar-refractivity contribution in [2.24, 2.45) is 15.9 Å². The number of ketones is 1. The van der Waals surface area contributed by atoms with Crippen molar-refractivity contribution in [1.82, 2.24) is 10.3 Å². The summed E-state index contributed by atoms with van der Waals surface area (Å²) in [6.45, 7) is 6.96. The number of aromatic nitrogens is 1. The van der Waals surface area contributed by atoms with Gasteiger partial charge in [-0.1, -0.05) is 25.5 Å². The number of nitrogens with one attached hydrogen (secondary N) is 1. The zero-order valence-corrected chi connectivity index (χ0v) is 23.0. The molecule has 34 heavy (non-hydrogen) atoms. The predicted octanol–water partition coefficient (Wildman–Crippen LogP) is 7.37. The highest BCUT2D eigenvalue weighted by Gasteiger charge is 2.16. The largest absolute Gasteiger partial charge is 0.384 e. The highest BCUT2D eigenvalue weighted by atomic mass is 79.9. The minimum atomic E-state index is 0.228. The SMILES string of the molecule is CCCC(CCCC(=O)c1cccs1)C(/C=C(\C)NCc1cccnc1)=N/C(C)=C(\Br)C=NC. The molecule has 0 bridgehead atoms. The summed E-state index contributed by atoms with van der Waals surface area (Å²) >= 11 is 5.09. The van der Waals surface area contributed by atoms with Crippen LogP contribution in [-0.2, 0) is 6.54 Å². The molecule has 182 valence electrons. The van der Waals surface area contributed by atoms with Crippen LogP contribution < -0.4 is 5.32 Å². The molecule has 2 aromatic heterocycles. The monoisotopic (exact) mass is 542 g/mol. The van der Waals surface area contributed by atoms with E-state index >= 15 is 0 Å². The molecule has 1 atom stereocenters. The van der Waals surface area contributed by atoms with Crippen molar-refractivity contribution in [2.75, 3.05) is 7.05 Å². The van der Waals surface area contributed by atoms with Gasteiger partial charge < -0.3 is 5.32 Å². The number of nitrogens with zero attached hydrogens (tertiary/aromatic N) is 3. The lowest BCUT2D eigenvalue weighted by Gasteiger charge is -2.18. The van der Waals surface area contributed by atoms with E-state index in [1.165, 1.54) is 11.3 Å². The van der Waals surface area contributed by atoms with E-state index in [-0.39, 0.29) is 11.7 Å². The molecule has 0 radical (unpaired) electrons. The maximum atomic E-state index is 12.5. The van der Waals surface area contributed by atoms with Crippen molar-refractivity contribution >= 4 is 45.0 Å². The Morgan fingerprint density at radius 1 is 1.26 bits per heavy atom. The number of rotatable bonds is 14. The van der Waals surface area contributed by atoms with Crippen LogP contribution in [0.15, 0.2) is 74.0 Å². The van der Waals surface area contributed by atoms with Crippen molar-refractivity contribution in [2.45, 2.75) is 59.4 Å². The maximum Gasteiger partial charge on any atom is 0.172 e. The van der Waals surface area contributed by atoms with E-state index in [2.05, 4.69) is 57.2 Å². The van der Waals surface area contributed by atoms with Crippen molar-refractivity contribution in [3.8, 4) is 0 Å². The first kappa shape index (κ1) is 27.9. The van der Waals surface area contributed by atoms with Crippen LogP contribution in [0.1, 0.15) is 68.1 Å². The van der Waals surface area contributed by atoms with Crippen LogP contribution in [0.5, 0.6) is 0 Å². The van der Waals surface area contributed by atoms with E-state index in [4.69, 9.17) is 4.99 Å². The molecule has 5 nitrogen and oxygen atoms in total. The summed E-state index contributed by atoms with van der Waals surface area (Å²) < 4.78 is 0.866. The summed E-state index contributed by atoms with van der Waals surface area (Å²) in [7, 11) is 1.75. The second-order valence-electron chi connectivity index (χ2n) is 8.18. The summed E-state index contributed by atoms with van der Waals surface area (Å²) in [5.74, 6) is 0.497. The predicted molar refractivity (Wildman–Crippen MR) is 149 cm³/mol. The molecule has 0 amide bonds. The van der Waals surface area contributed by atoms with Crippen LogP contribution in [0.2, 0.25) is 0 Å². The molecule has 0 aromatic carbocycles. The zero-order chi connectivity index (χ0) is 24.8. The second-order valence-corrected chi connectivity index (χ2v) is 9.98. The van der Waals surface area contributed by atoms with Crippen molar-refractivity contribution in [3.63, 3.8) is 0 Å². The summed E-state index contributed by atoms with van der Waals surface area (Å²) in [5, 5.41) is 5.44.